The number of hydrogen-bond acceptors (Lipinski definition) is 5. The van der Waals surface area contributed by atoms with Crippen molar-refractivity contribution in [1.82, 2.24) is 10.2 Å². The number of nitrogens with one attached hydrogen (secondary N) is 1. The van der Waals surface area contributed by atoms with E-state index in [1.807, 2.05) is 0 Å². The van der Waals surface area contributed by atoms with Crippen molar-refractivity contribution in [2.45, 2.75) is 50.7 Å². The summed E-state index contributed by atoms with van der Waals surface area (Å²) in [6.07, 6.45) is 6.76. The van der Waals surface area contributed by atoms with Gasteiger partial charge in [-0.15, -0.1) is 11.6 Å². The first-order chi connectivity index (χ1) is 15.1. The van der Waals surface area contributed by atoms with E-state index in [4.69, 9.17) is 25.5 Å². The van der Waals surface area contributed by atoms with E-state index in [1.54, 1.807) is 37.4 Å². The number of alkyl halides is 1. The minimum atomic E-state index is -0.891. The Balaban J connectivity index is 1.98. The second-order valence-corrected chi connectivity index (χ2v) is 7.86. The Morgan fingerprint density at radius 3 is 2.52 bits per heavy atom. The minimum Gasteiger partial charge on any atom is -0.493 e. The second-order valence-electron chi connectivity index (χ2n) is 7.60. The summed E-state index contributed by atoms with van der Waals surface area (Å²) in [4.78, 5) is 27.8. The standard InChI is InChI=1S/C23H29ClN2O5/c1-29-19-11-10-16(13-20(19)30-2)22(23(28)25-17-7-4-3-5-8-17)26(21(27)14-24)15-18-9-6-12-31-18/h6,9-13,17,22H,3-5,7-8,14-15H2,1-2H3,(H,25,28)/t22-/m1/s1. The topological polar surface area (TPSA) is 81.0 Å². The fraction of sp³-hybridized carbons (Fsp3) is 0.478. The third kappa shape index (κ3) is 5.73. The van der Waals surface area contributed by atoms with Crippen LogP contribution in [0.2, 0.25) is 0 Å². The highest BCUT2D eigenvalue weighted by molar-refractivity contribution is 6.27. The molecular weight excluding hydrogens is 420 g/mol. The predicted octanol–water partition coefficient (Wildman–Crippen LogP) is 4.05. The maximum Gasteiger partial charge on any atom is 0.247 e. The van der Waals surface area contributed by atoms with Gasteiger partial charge in [-0.05, 0) is 42.7 Å². The third-order valence-electron chi connectivity index (χ3n) is 5.58. The van der Waals surface area contributed by atoms with Crippen molar-refractivity contribution in [1.29, 1.82) is 0 Å². The van der Waals surface area contributed by atoms with E-state index in [2.05, 4.69) is 5.32 Å². The zero-order chi connectivity index (χ0) is 22.2. The van der Waals surface area contributed by atoms with Gasteiger partial charge in [-0.2, -0.15) is 0 Å². The summed E-state index contributed by atoms with van der Waals surface area (Å²) >= 11 is 5.92. The van der Waals surface area contributed by atoms with Gasteiger partial charge in [-0.3, -0.25) is 9.59 Å². The number of rotatable bonds is 9. The molecule has 168 valence electrons. The molecule has 0 aliphatic heterocycles. The van der Waals surface area contributed by atoms with Crippen LogP contribution < -0.4 is 14.8 Å². The van der Waals surface area contributed by atoms with Crippen LogP contribution >= 0.6 is 11.6 Å². The summed E-state index contributed by atoms with van der Waals surface area (Å²) in [5.41, 5.74) is 0.607. The number of halogens is 1. The van der Waals surface area contributed by atoms with E-state index in [9.17, 15) is 9.59 Å². The molecule has 2 amide bonds. The van der Waals surface area contributed by atoms with Crippen molar-refractivity contribution < 1.29 is 23.5 Å². The average Bonchev–Trinajstić information content (AvgIpc) is 3.31. The van der Waals surface area contributed by atoms with Crippen molar-refractivity contribution in [2.24, 2.45) is 0 Å². The maximum absolute atomic E-state index is 13.5. The number of furan rings is 1. The number of carbonyl (C=O) groups excluding carboxylic acids is 2. The Morgan fingerprint density at radius 2 is 1.90 bits per heavy atom. The number of ether oxygens (including phenoxy) is 2. The molecule has 8 heteroatoms. The average molecular weight is 449 g/mol. The van der Waals surface area contributed by atoms with E-state index in [-0.39, 0.29) is 30.3 Å². The van der Waals surface area contributed by atoms with Gasteiger partial charge in [0.15, 0.2) is 11.5 Å². The van der Waals surface area contributed by atoms with Crippen molar-refractivity contribution in [2.75, 3.05) is 20.1 Å². The zero-order valence-electron chi connectivity index (χ0n) is 17.9. The highest BCUT2D eigenvalue weighted by Crippen LogP contribution is 2.33. The summed E-state index contributed by atoms with van der Waals surface area (Å²) in [6, 6.07) is 7.93. The lowest BCUT2D eigenvalue weighted by Crippen LogP contribution is -2.47. The van der Waals surface area contributed by atoms with E-state index in [0.29, 0.717) is 22.8 Å². The number of benzene rings is 1. The van der Waals surface area contributed by atoms with Crippen LogP contribution in [0.1, 0.15) is 49.5 Å². The smallest absolute Gasteiger partial charge is 0.247 e. The van der Waals surface area contributed by atoms with Gasteiger partial charge in [0, 0.05) is 6.04 Å². The van der Waals surface area contributed by atoms with Gasteiger partial charge >= 0.3 is 0 Å². The molecule has 0 radical (unpaired) electrons. The molecule has 1 aliphatic rings. The molecular formula is C23H29ClN2O5. The van der Waals surface area contributed by atoms with Crippen LogP contribution in [0.4, 0.5) is 0 Å². The second kappa shape index (κ2) is 11.1. The van der Waals surface area contributed by atoms with Gasteiger partial charge in [0.05, 0.1) is 27.0 Å². The first kappa shape index (κ1) is 23.0. The molecule has 1 N–H and O–H groups in total. The van der Waals surface area contributed by atoms with Crippen LogP contribution in [-0.2, 0) is 16.1 Å². The first-order valence-electron chi connectivity index (χ1n) is 10.5. The lowest BCUT2D eigenvalue weighted by Gasteiger charge is -2.33. The summed E-state index contributed by atoms with van der Waals surface area (Å²) in [5.74, 6) is 0.724. The Kier molecular flexibility index (Phi) is 8.23. The molecule has 1 aromatic heterocycles. The molecule has 31 heavy (non-hydrogen) atoms. The highest BCUT2D eigenvalue weighted by atomic mass is 35.5. The van der Waals surface area contributed by atoms with E-state index >= 15 is 0 Å². The Hall–Kier alpha value is -2.67. The quantitative estimate of drug-likeness (QED) is 0.585. The van der Waals surface area contributed by atoms with E-state index in [1.165, 1.54) is 24.7 Å². The largest absolute Gasteiger partial charge is 0.493 e. The summed E-state index contributed by atoms with van der Waals surface area (Å²) in [5, 5.41) is 3.14. The number of carbonyl (C=O) groups is 2. The lowest BCUT2D eigenvalue weighted by atomic mass is 9.94. The van der Waals surface area contributed by atoms with E-state index in [0.717, 1.165) is 25.7 Å². The van der Waals surface area contributed by atoms with Gasteiger partial charge in [0.25, 0.3) is 0 Å². The van der Waals surface area contributed by atoms with Crippen LogP contribution in [0, 0.1) is 0 Å². The molecule has 0 unspecified atom stereocenters. The molecule has 2 aromatic rings. The van der Waals surface area contributed by atoms with Gasteiger partial charge < -0.3 is 24.1 Å². The SMILES string of the molecule is COc1ccc([C@H](C(=O)NC2CCCCC2)N(Cc2ccco2)C(=O)CCl)cc1OC. The molecule has 0 spiro atoms. The Labute approximate surface area is 187 Å². The molecule has 1 saturated carbocycles. The predicted molar refractivity (Wildman–Crippen MR) is 117 cm³/mol. The van der Waals surface area contributed by atoms with Crippen molar-refractivity contribution in [3.63, 3.8) is 0 Å². The zero-order valence-corrected chi connectivity index (χ0v) is 18.7. The maximum atomic E-state index is 13.5. The Bertz CT molecular complexity index is 865. The van der Waals surface area contributed by atoms with Gasteiger partial charge in [0.1, 0.15) is 17.7 Å². The molecule has 1 fully saturated rings. The lowest BCUT2D eigenvalue weighted by molar-refractivity contribution is -0.140. The van der Waals surface area contributed by atoms with Crippen LogP contribution in [-0.4, -0.2) is 42.9 Å². The molecule has 0 saturated heterocycles. The molecule has 7 nitrogen and oxygen atoms in total. The monoisotopic (exact) mass is 448 g/mol. The van der Waals surface area contributed by atoms with Gasteiger partial charge in [0.2, 0.25) is 11.8 Å². The summed E-state index contributed by atoms with van der Waals surface area (Å²) in [6.45, 7) is 0.121. The number of amides is 2. The minimum absolute atomic E-state index is 0.0976. The van der Waals surface area contributed by atoms with Gasteiger partial charge in [-0.1, -0.05) is 25.3 Å². The van der Waals surface area contributed by atoms with Crippen LogP contribution in [0.25, 0.3) is 0 Å². The summed E-state index contributed by atoms with van der Waals surface area (Å²) < 4.78 is 16.2. The fourth-order valence-corrected chi connectivity index (χ4v) is 4.15. The first-order valence-corrected chi connectivity index (χ1v) is 11.0. The molecule has 1 heterocycles. The highest BCUT2D eigenvalue weighted by Gasteiger charge is 2.33. The van der Waals surface area contributed by atoms with Crippen LogP contribution in [0.5, 0.6) is 11.5 Å². The van der Waals surface area contributed by atoms with Crippen LogP contribution in [0.15, 0.2) is 41.0 Å². The third-order valence-corrected chi connectivity index (χ3v) is 5.80. The molecule has 1 atom stereocenters. The number of methoxy groups -OCH3 is 2. The normalized spacial score (nSPS) is 15.2. The molecule has 1 aromatic carbocycles. The summed E-state index contributed by atoms with van der Waals surface area (Å²) in [7, 11) is 3.08. The number of hydrogen-bond donors (Lipinski definition) is 1. The van der Waals surface area contributed by atoms with Crippen LogP contribution in [0.3, 0.4) is 0 Å². The fourth-order valence-electron chi connectivity index (χ4n) is 3.99. The number of nitrogens with zero attached hydrogens (tertiary/aromatic N) is 1. The van der Waals surface area contributed by atoms with Crippen molar-refractivity contribution >= 4 is 23.4 Å². The Morgan fingerprint density at radius 1 is 1.16 bits per heavy atom. The molecule has 0 bridgehead atoms. The molecule has 3 rings (SSSR count). The van der Waals surface area contributed by atoms with E-state index < -0.39 is 6.04 Å². The van der Waals surface area contributed by atoms with Gasteiger partial charge in [-0.25, -0.2) is 0 Å². The van der Waals surface area contributed by atoms with Crippen molar-refractivity contribution in [3.8, 4) is 11.5 Å². The van der Waals surface area contributed by atoms with Crippen molar-refractivity contribution in [3.05, 3.63) is 47.9 Å². The molecule has 1 aliphatic carbocycles.